The molecule has 1 aromatic carbocycles. The molecule has 0 bridgehead atoms. The van der Waals surface area contributed by atoms with Crippen molar-refractivity contribution in [2.45, 2.75) is 31.2 Å². The average molecular weight is 393 g/mol. The normalized spacial score (nSPS) is 17.0. The SMILES string of the molecule is CNC(C(=O)NCC1(c2ccccc2C)CCOCC1)c1cnn(C)c1.Cl. The zero-order valence-electron chi connectivity index (χ0n) is 16.2. The Hall–Kier alpha value is -1.89. The first-order chi connectivity index (χ1) is 12.6. The maximum absolute atomic E-state index is 12.8. The monoisotopic (exact) mass is 392 g/mol. The summed E-state index contributed by atoms with van der Waals surface area (Å²) in [5.74, 6) is -0.0278. The first-order valence-electron chi connectivity index (χ1n) is 9.13. The highest BCUT2D eigenvalue weighted by atomic mass is 35.5. The molecule has 0 radical (unpaired) electrons. The molecular weight excluding hydrogens is 364 g/mol. The molecule has 1 aromatic heterocycles. The predicted molar refractivity (Wildman–Crippen MR) is 108 cm³/mol. The van der Waals surface area contributed by atoms with E-state index in [4.69, 9.17) is 4.74 Å². The van der Waals surface area contributed by atoms with Crippen LogP contribution in [0.1, 0.15) is 35.6 Å². The van der Waals surface area contributed by atoms with Crippen molar-refractivity contribution in [3.05, 3.63) is 53.3 Å². The van der Waals surface area contributed by atoms with Crippen LogP contribution in [0.5, 0.6) is 0 Å². The number of rotatable bonds is 6. The number of carbonyl (C=O) groups is 1. The van der Waals surface area contributed by atoms with Crippen molar-refractivity contribution in [3.63, 3.8) is 0 Å². The van der Waals surface area contributed by atoms with E-state index in [-0.39, 0.29) is 23.7 Å². The zero-order valence-corrected chi connectivity index (χ0v) is 17.0. The summed E-state index contributed by atoms with van der Waals surface area (Å²) in [4.78, 5) is 12.8. The summed E-state index contributed by atoms with van der Waals surface area (Å²) in [6.45, 7) is 4.20. The molecule has 0 aliphatic carbocycles. The fourth-order valence-electron chi connectivity index (χ4n) is 3.87. The summed E-state index contributed by atoms with van der Waals surface area (Å²) in [7, 11) is 3.64. The third-order valence-electron chi connectivity index (χ3n) is 5.38. The van der Waals surface area contributed by atoms with Gasteiger partial charge in [-0.1, -0.05) is 24.3 Å². The predicted octanol–water partition coefficient (Wildman–Crippen LogP) is 2.28. The fourth-order valence-corrected chi connectivity index (χ4v) is 3.87. The molecule has 0 spiro atoms. The van der Waals surface area contributed by atoms with Crippen molar-refractivity contribution >= 4 is 18.3 Å². The van der Waals surface area contributed by atoms with Crippen molar-refractivity contribution in [3.8, 4) is 0 Å². The molecule has 7 heteroatoms. The minimum Gasteiger partial charge on any atom is -0.381 e. The second-order valence-electron chi connectivity index (χ2n) is 7.09. The molecule has 6 nitrogen and oxygen atoms in total. The smallest absolute Gasteiger partial charge is 0.241 e. The Morgan fingerprint density at radius 3 is 2.63 bits per heavy atom. The number of carbonyl (C=O) groups excluding carboxylic acids is 1. The Kier molecular flexibility index (Phi) is 7.41. The van der Waals surface area contributed by atoms with Crippen LogP contribution in [0.4, 0.5) is 0 Å². The van der Waals surface area contributed by atoms with Crippen molar-refractivity contribution in [1.82, 2.24) is 20.4 Å². The third kappa shape index (κ3) is 4.69. The summed E-state index contributed by atoms with van der Waals surface area (Å²) in [5.41, 5.74) is 3.36. The third-order valence-corrected chi connectivity index (χ3v) is 5.38. The van der Waals surface area contributed by atoms with Gasteiger partial charge in [-0.3, -0.25) is 9.48 Å². The molecule has 2 aromatic rings. The van der Waals surface area contributed by atoms with Gasteiger partial charge in [0.25, 0.3) is 0 Å². The lowest BCUT2D eigenvalue weighted by molar-refractivity contribution is -0.123. The van der Waals surface area contributed by atoms with E-state index >= 15 is 0 Å². The van der Waals surface area contributed by atoms with Crippen LogP contribution in [0.2, 0.25) is 0 Å². The number of ether oxygens (including phenoxy) is 1. The van der Waals surface area contributed by atoms with Crippen LogP contribution in [0.15, 0.2) is 36.7 Å². The van der Waals surface area contributed by atoms with Gasteiger partial charge < -0.3 is 15.4 Å². The van der Waals surface area contributed by atoms with Gasteiger partial charge in [-0.2, -0.15) is 5.10 Å². The summed E-state index contributed by atoms with van der Waals surface area (Å²) in [6, 6.07) is 8.05. The van der Waals surface area contributed by atoms with Crippen LogP contribution < -0.4 is 10.6 Å². The fraction of sp³-hybridized carbons (Fsp3) is 0.500. The Bertz CT molecular complexity index is 756. The number of halogens is 1. The zero-order chi connectivity index (χ0) is 18.6. The molecule has 1 aliphatic rings. The highest BCUT2D eigenvalue weighted by molar-refractivity contribution is 5.85. The van der Waals surface area contributed by atoms with Gasteiger partial charge in [-0.25, -0.2) is 0 Å². The van der Waals surface area contributed by atoms with E-state index in [1.54, 1.807) is 17.9 Å². The molecule has 3 rings (SSSR count). The van der Waals surface area contributed by atoms with Crippen LogP contribution >= 0.6 is 12.4 Å². The first-order valence-corrected chi connectivity index (χ1v) is 9.13. The van der Waals surface area contributed by atoms with Crippen LogP contribution in [-0.4, -0.2) is 42.5 Å². The average Bonchev–Trinajstić information content (AvgIpc) is 3.08. The number of likely N-dealkylation sites (N-methyl/N-ethyl adjacent to an activating group) is 1. The van der Waals surface area contributed by atoms with Crippen molar-refractivity contribution in [2.75, 3.05) is 26.8 Å². The molecule has 1 unspecified atom stereocenters. The van der Waals surface area contributed by atoms with Gasteiger partial charge in [-0.15, -0.1) is 12.4 Å². The number of aryl methyl sites for hydroxylation is 2. The van der Waals surface area contributed by atoms with Crippen molar-refractivity contribution in [2.24, 2.45) is 7.05 Å². The molecule has 1 atom stereocenters. The van der Waals surface area contributed by atoms with Crippen LogP contribution in [-0.2, 0) is 22.0 Å². The number of amides is 1. The highest BCUT2D eigenvalue weighted by Gasteiger charge is 2.36. The molecule has 2 N–H and O–H groups in total. The summed E-state index contributed by atoms with van der Waals surface area (Å²) in [5, 5.41) is 10.4. The standard InChI is InChI=1S/C20H28N4O2.ClH/c1-15-6-4-5-7-17(15)20(8-10-26-11-9-20)14-22-19(25)18(21-2)16-12-23-24(3)13-16;/h4-7,12-13,18,21H,8-11,14H2,1-3H3,(H,22,25);1H. The molecule has 1 amide bonds. The van der Waals surface area contributed by atoms with Gasteiger partial charge in [-0.05, 0) is 37.9 Å². The number of hydrogen-bond donors (Lipinski definition) is 2. The Labute approximate surface area is 167 Å². The van der Waals surface area contributed by atoms with Crippen molar-refractivity contribution < 1.29 is 9.53 Å². The van der Waals surface area contributed by atoms with Crippen LogP contribution in [0.3, 0.4) is 0 Å². The summed E-state index contributed by atoms with van der Waals surface area (Å²) < 4.78 is 7.31. The maximum Gasteiger partial charge on any atom is 0.241 e. The van der Waals surface area contributed by atoms with Gasteiger partial charge in [0, 0.05) is 44.0 Å². The number of hydrogen-bond acceptors (Lipinski definition) is 4. The second kappa shape index (κ2) is 9.35. The molecular formula is C20H29ClN4O2. The van der Waals surface area contributed by atoms with Gasteiger partial charge in [0.2, 0.25) is 5.91 Å². The van der Waals surface area contributed by atoms with Crippen LogP contribution in [0.25, 0.3) is 0 Å². The Morgan fingerprint density at radius 2 is 2.04 bits per heavy atom. The molecule has 27 heavy (non-hydrogen) atoms. The first kappa shape index (κ1) is 21.4. The van der Waals surface area contributed by atoms with E-state index in [9.17, 15) is 4.79 Å². The molecule has 2 heterocycles. The lowest BCUT2D eigenvalue weighted by atomic mass is 9.72. The molecule has 1 aliphatic heterocycles. The Morgan fingerprint density at radius 1 is 1.33 bits per heavy atom. The van der Waals surface area contributed by atoms with Crippen LogP contribution in [0, 0.1) is 6.92 Å². The van der Waals surface area contributed by atoms with Crippen molar-refractivity contribution in [1.29, 1.82) is 0 Å². The van der Waals surface area contributed by atoms with E-state index in [1.807, 2.05) is 13.2 Å². The lowest BCUT2D eigenvalue weighted by Crippen LogP contribution is -2.47. The summed E-state index contributed by atoms with van der Waals surface area (Å²) in [6.07, 6.45) is 5.42. The minimum absolute atomic E-state index is 0. The number of nitrogens with one attached hydrogen (secondary N) is 2. The lowest BCUT2D eigenvalue weighted by Gasteiger charge is -2.39. The molecule has 1 saturated heterocycles. The van der Waals surface area contributed by atoms with E-state index in [1.165, 1.54) is 11.1 Å². The highest BCUT2D eigenvalue weighted by Crippen LogP contribution is 2.36. The minimum atomic E-state index is -0.405. The van der Waals surface area contributed by atoms with E-state index < -0.39 is 6.04 Å². The molecule has 1 fully saturated rings. The topological polar surface area (TPSA) is 68.2 Å². The number of benzene rings is 1. The summed E-state index contributed by atoms with van der Waals surface area (Å²) >= 11 is 0. The molecule has 0 saturated carbocycles. The molecule has 148 valence electrons. The van der Waals surface area contributed by atoms with Gasteiger partial charge >= 0.3 is 0 Å². The van der Waals surface area contributed by atoms with Gasteiger partial charge in [0.1, 0.15) is 6.04 Å². The van der Waals surface area contributed by atoms with Gasteiger partial charge in [0.05, 0.1) is 6.20 Å². The van der Waals surface area contributed by atoms with Gasteiger partial charge in [0.15, 0.2) is 0 Å². The quantitative estimate of drug-likeness (QED) is 0.791. The Balaban J connectivity index is 0.00000261. The van der Waals surface area contributed by atoms with E-state index in [2.05, 4.69) is 46.9 Å². The van der Waals surface area contributed by atoms with E-state index in [0.717, 1.165) is 31.6 Å². The number of nitrogens with zero attached hydrogens (tertiary/aromatic N) is 2. The number of aromatic nitrogens is 2. The van der Waals surface area contributed by atoms with E-state index in [0.29, 0.717) is 6.54 Å². The largest absolute Gasteiger partial charge is 0.381 e. The second-order valence-corrected chi connectivity index (χ2v) is 7.09. The maximum atomic E-state index is 12.8.